The summed E-state index contributed by atoms with van der Waals surface area (Å²) in [5.74, 6) is -0.0113. The molecule has 25 heavy (non-hydrogen) atoms. The van der Waals surface area contributed by atoms with Gasteiger partial charge in [0, 0.05) is 30.8 Å². The fourth-order valence-electron chi connectivity index (χ4n) is 3.00. The molecule has 0 saturated carbocycles. The van der Waals surface area contributed by atoms with Crippen molar-refractivity contribution in [2.45, 2.75) is 45.7 Å². The molecule has 134 valence electrons. The molecule has 0 fully saturated rings. The highest BCUT2D eigenvalue weighted by molar-refractivity contribution is 5.91. The van der Waals surface area contributed by atoms with E-state index in [4.69, 9.17) is 0 Å². The highest BCUT2D eigenvalue weighted by Gasteiger charge is 2.16. The Balaban J connectivity index is 1.93. The first-order chi connectivity index (χ1) is 12.0. The third kappa shape index (κ3) is 6.00. The van der Waals surface area contributed by atoms with Gasteiger partial charge >= 0.3 is 0 Å². The van der Waals surface area contributed by atoms with Gasteiger partial charge in [-0.3, -0.25) is 4.79 Å². The second kappa shape index (κ2) is 9.35. The van der Waals surface area contributed by atoms with E-state index in [0.717, 1.165) is 16.8 Å². The molecule has 0 aliphatic rings. The van der Waals surface area contributed by atoms with Gasteiger partial charge in [-0.2, -0.15) is 0 Å². The van der Waals surface area contributed by atoms with Crippen LogP contribution >= 0.6 is 0 Å². The van der Waals surface area contributed by atoms with Gasteiger partial charge < -0.3 is 15.7 Å². The van der Waals surface area contributed by atoms with Gasteiger partial charge in [0.1, 0.15) is 0 Å². The van der Waals surface area contributed by atoms with Crippen molar-refractivity contribution in [3.63, 3.8) is 0 Å². The summed E-state index contributed by atoms with van der Waals surface area (Å²) in [6.45, 7) is 6.13. The van der Waals surface area contributed by atoms with Crippen LogP contribution in [0.1, 0.15) is 42.5 Å². The molecule has 4 nitrogen and oxygen atoms in total. The number of benzene rings is 2. The van der Waals surface area contributed by atoms with E-state index in [1.54, 1.807) is 0 Å². The minimum absolute atomic E-state index is 0.00232. The second-order valence-corrected chi connectivity index (χ2v) is 6.61. The largest absolute Gasteiger partial charge is 0.396 e. The molecule has 0 spiro atoms. The van der Waals surface area contributed by atoms with Crippen LogP contribution in [0.2, 0.25) is 0 Å². The highest BCUT2D eigenvalue weighted by Crippen LogP contribution is 2.19. The Morgan fingerprint density at radius 2 is 1.84 bits per heavy atom. The Labute approximate surface area is 150 Å². The summed E-state index contributed by atoms with van der Waals surface area (Å²) in [6, 6.07) is 16.1. The Bertz CT molecular complexity index is 686. The van der Waals surface area contributed by atoms with Crippen molar-refractivity contribution in [1.82, 2.24) is 5.32 Å². The van der Waals surface area contributed by atoms with Crippen LogP contribution < -0.4 is 10.6 Å². The predicted octanol–water partition coefficient (Wildman–Crippen LogP) is 3.73. The molecule has 2 atom stereocenters. The SMILES string of the molecule is Cc1ccc(NC(=O)C[C@@H](C)N[C@H](CCO)c2ccccc2)c(C)c1. The average molecular weight is 340 g/mol. The summed E-state index contributed by atoms with van der Waals surface area (Å²) in [5.41, 5.74) is 4.23. The maximum atomic E-state index is 12.3. The van der Waals surface area contributed by atoms with Crippen molar-refractivity contribution >= 4 is 11.6 Å². The number of aryl methyl sites for hydroxylation is 2. The van der Waals surface area contributed by atoms with Gasteiger partial charge in [0.05, 0.1) is 0 Å². The maximum Gasteiger partial charge on any atom is 0.225 e. The number of aliphatic hydroxyl groups is 1. The molecule has 0 aliphatic heterocycles. The lowest BCUT2D eigenvalue weighted by Crippen LogP contribution is -2.34. The van der Waals surface area contributed by atoms with Gasteiger partial charge in [0.25, 0.3) is 0 Å². The van der Waals surface area contributed by atoms with Crippen molar-refractivity contribution in [3.05, 3.63) is 65.2 Å². The zero-order valence-corrected chi connectivity index (χ0v) is 15.3. The van der Waals surface area contributed by atoms with Gasteiger partial charge in [-0.25, -0.2) is 0 Å². The monoisotopic (exact) mass is 340 g/mol. The van der Waals surface area contributed by atoms with Gasteiger partial charge in [-0.05, 0) is 44.4 Å². The number of amides is 1. The lowest BCUT2D eigenvalue weighted by Gasteiger charge is -2.23. The van der Waals surface area contributed by atoms with E-state index >= 15 is 0 Å². The fourth-order valence-corrected chi connectivity index (χ4v) is 3.00. The first-order valence-corrected chi connectivity index (χ1v) is 8.78. The zero-order chi connectivity index (χ0) is 18.2. The van der Waals surface area contributed by atoms with Crippen molar-refractivity contribution in [2.24, 2.45) is 0 Å². The molecule has 0 bridgehead atoms. The summed E-state index contributed by atoms with van der Waals surface area (Å²) in [6.07, 6.45) is 0.995. The van der Waals surface area contributed by atoms with Gasteiger partial charge in [-0.15, -0.1) is 0 Å². The predicted molar refractivity (Wildman–Crippen MR) is 103 cm³/mol. The lowest BCUT2D eigenvalue weighted by molar-refractivity contribution is -0.116. The van der Waals surface area contributed by atoms with E-state index in [9.17, 15) is 9.90 Å². The van der Waals surface area contributed by atoms with E-state index in [-0.39, 0.29) is 24.6 Å². The van der Waals surface area contributed by atoms with Crippen LogP contribution in [-0.2, 0) is 4.79 Å². The van der Waals surface area contributed by atoms with Crippen molar-refractivity contribution in [2.75, 3.05) is 11.9 Å². The molecule has 2 rings (SSSR count). The van der Waals surface area contributed by atoms with Gasteiger partial charge in [0.2, 0.25) is 5.91 Å². The number of hydrogen-bond donors (Lipinski definition) is 3. The summed E-state index contributed by atoms with van der Waals surface area (Å²) < 4.78 is 0. The number of rotatable bonds is 8. The van der Waals surface area contributed by atoms with E-state index < -0.39 is 0 Å². The maximum absolute atomic E-state index is 12.3. The molecule has 2 aromatic rings. The molecule has 3 N–H and O–H groups in total. The van der Waals surface area contributed by atoms with Crippen LogP contribution in [-0.4, -0.2) is 23.7 Å². The number of anilines is 1. The fraction of sp³-hybridized carbons (Fsp3) is 0.381. The lowest BCUT2D eigenvalue weighted by atomic mass is 10.0. The molecule has 0 saturated heterocycles. The standard InChI is InChI=1S/C21H28N2O2/c1-15-9-10-19(16(2)13-15)23-21(25)14-17(3)22-20(11-12-24)18-7-5-4-6-8-18/h4-10,13,17,20,22,24H,11-12,14H2,1-3H3,(H,23,25)/t17-,20-/m1/s1. The van der Waals surface area contributed by atoms with Gasteiger partial charge in [0.15, 0.2) is 0 Å². The Morgan fingerprint density at radius 1 is 1.12 bits per heavy atom. The molecule has 0 aromatic heterocycles. The molecular weight excluding hydrogens is 312 g/mol. The van der Waals surface area contributed by atoms with Crippen LogP contribution in [0.5, 0.6) is 0 Å². The Hall–Kier alpha value is -2.17. The quantitative estimate of drug-likeness (QED) is 0.686. The number of carbonyl (C=O) groups excluding carboxylic acids is 1. The molecular formula is C21H28N2O2. The van der Waals surface area contributed by atoms with Crippen LogP contribution in [0.25, 0.3) is 0 Å². The van der Waals surface area contributed by atoms with E-state index in [2.05, 4.69) is 16.7 Å². The van der Waals surface area contributed by atoms with E-state index in [0.29, 0.717) is 12.8 Å². The number of hydrogen-bond acceptors (Lipinski definition) is 3. The Kier molecular flexibility index (Phi) is 7.16. The Morgan fingerprint density at radius 3 is 2.48 bits per heavy atom. The number of nitrogens with one attached hydrogen (secondary N) is 2. The molecule has 0 radical (unpaired) electrons. The minimum Gasteiger partial charge on any atom is -0.396 e. The topological polar surface area (TPSA) is 61.4 Å². The molecule has 2 aromatic carbocycles. The average Bonchev–Trinajstić information content (AvgIpc) is 2.58. The van der Waals surface area contributed by atoms with Crippen LogP contribution in [0.3, 0.4) is 0 Å². The minimum atomic E-state index is -0.0113. The molecule has 0 aliphatic carbocycles. The van der Waals surface area contributed by atoms with Gasteiger partial charge in [-0.1, -0.05) is 48.0 Å². The second-order valence-electron chi connectivity index (χ2n) is 6.61. The van der Waals surface area contributed by atoms with E-state index in [1.807, 2.05) is 63.2 Å². The van der Waals surface area contributed by atoms with Crippen LogP contribution in [0.4, 0.5) is 5.69 Å². The normalized spacial score (nSPS) is 13.3. The summed E-state index contributed by atoms with van der Waals surface area (Å²) >= 11 is 0. The molecule has 1 amide bonds. The first kappa shape index (κ1) is 19.2. The van der Waals surface area contributed by atoms with Crippen molar-refractivity contribution < 1.29 is 9.90 Å². The van der Waals surface area contributed by atoms with Crippen LogP contribution in [0, 0.1) is 13.8 Å². The zero-order valence-electron chi connectivity index (χ0n) is 15.3. The molecule has 0 unspecified atom stereocenters. The summed E-state index contributed by atoms with van der Waals surface area (Å²) in [7, 11) is 0. The molecule has 0 heterocycles. The highest BCUT2D eigenvalue weighted by atomic mass is 16.3. The number of aliphatic hydroxyl groups excluding tert-OH is 1. The number of carbonyl (C=O) groups is 1. The van der Waals surface area contributed by atoms with E-state index in [1.165, 1.54) is 5.56 Å². The smallest absolute Gasteiger partial charge is 0.225 e. The van der Waals surface area contributed by atoms with Crippen LogP contribution in [0.15, 0.2) is 48.5 Å². The third-order valence-electron chi connectivity index (χ3n) is 4.25. The first-order valence-electron chi connectivity index (χ1n) is 8.78. The van der Waals surface area contributed by atoms with Crippen molar-refractivity contribution in [1.29, 1.82) is 0 Å². The third-order valence-corrected chi connectivity index (χ3v) is 4.25. The molecule has 4 heteroatoms. The summed E-state index contributed by atoms with van der Waals surface area (Å²) in [5, 5.41) is 15.8. The summed E-state index contributed by atoms with van der Waals surface area (Å²) in [4.78, 5) is 12.3. The van der Waals surface area contributed by atoms with Crippen molar-refractivity contribution in [3.8, 4) is 0 Å².